The lowest BCUT2D eigenvalue weighted by Crippen LogP contribution is -2.39. The molecule has 1 N–H and O–H groups in total. The lowest BCUT2D eigenvalue weighted by molar-refractivity contribution is 0.522. The van der Waals surface area contributed by atoms with Crippen LogP contribution >= 0.6 is 0 Å². The highest BCUT2D eigenvalue weighted by atomic mass is 15.2. The molecule has 0 unspecified atom stereocenters. The molecule has 0 spiro atoms. The van der Waals surface area contributed by atoms with Gasteiger partial charge in [0.2, 0.25) is 0 Å². The number of nitrogens with one attached hydrogen (secondary N) is 1. The van der Waals surface area contributed by atoms with Gasteiger partial charge in [-0.05, 0) is 51.0 Å². The molecule has 1 aromatic carbocycles. The minimum Gasteiger partial charge on any atom is -0.367 e. The molecule has 156 valence electrons. The lowest BCUT2D eigenvalue weighted by atomic mass is 10.0. The first-order valence-electron chi connectivity index (χ1n) is 10.7. The van der Waals surface area contributed by atoms with Crippen molar-refractivity contribution in [3.63, 3.8) is 0 Å². The molecule has 7 heteroatoms. The number of benzene rings is 1. The van der Waals surface area contributed by atoms with E-state index in [1.807, 2.05) is 44.2 Å². The van der Waals surface area contributed by atoms with Gasteiger partial charge in [-0.1, -0.05) is 12.1 Å². The van der Waals surface area contributed by atoms with E-state index in [1.165, 1.54) is 0 Å². The molecule has 3 aromatic heterocycles. The summed E-state index contributed by atoms with van der Waals surface area (Å²) in [5, 5.41) is 4.75. The Bertz CT molecular complexity index is 1180. The van der Waals surface area contributed by atoms with Gasteiger partial charge in [0.15, 0.2) is 5.82 Å². The summed E-state index contributed by atoms with van der Waals surface area (Å²) in [5.41, 5.74) is 2.92. The van der Waals surface area contributed by atoms with Crippen LogP contribution in [0.2, 0.25) is 0 Å². The van der Waals surface area contributed by atoms with Crippen molar-refractivity contribution in [3.05, 3.63) is 66.4 Å². The van der Waals surface area contributed by atoms with Gasteiger partial charge in [0.1, 0.15) is 17.5 Å². The second-order valence-electron chi connectivity index (χ2n) is 7.97. The number of aromatic nitrogens is 5. The van der Waals surface area contributed by atoms with Crippen molar-refractivity contribution in [1.82, 2.24) is 24.9 Å². The monoisotopic (exact) mass is 411 g/mol. The normalized spacial score (nSPS) is 14.7. The number of pyridine rings is 1. The molecule has 1 fully saturated rings. The fraction of sp³-hybridized carbons (Fsp3) is 0.292. The van der Waals surface area contributed by atoms with Crippen molar-refractivity contribution in [1.29, 1.82) is 0 Å². The zero-order valence-electron chi connectivity index (χ0n) is 17.8. The molecule has 1 aliphatic heterocycles. The van der Waals surface area contributed by atoms with Crippen LogP contribution < -0.4 is 10.2 Å². The summed E-state index contributed by atoms with van der Waals surface area (Å²) >= 11 is 0. The Hall–Kier alpha value is -3.61. The number of aryl methyl sites for hydroxylation is 2. The molecule has 4 aromatic rings. The fourth-order valence-corrected chi connectivity index (χ4v) is 4.12. The molecular weight excluding hydrogens is 386 g/mol. The van der Waals surface area contributed by atoms with E-state index in [4.69, 9.17) is 9.97 Å². The molecule has 4 heterocycles. The van der Waals surface area contributed by atoms with E-state index in [0.717, 1.165) is 65.6 Å². The van der Waals surface area contributed by atoms with Crippen LogP contribution in [0.1, 0.15) is 24.4 Å². The Balaban J connectivity index is 1.37. The summed E-state index contributed by atoms with van der Waals surface area (Å²) < 4.78 is 0. The van der Waals surface area contributed by atoms with Gasteiger partial charge in [-0.25, -0.2) is 19.9 Å². The molecule has 0 radical (unpaired) electrons. The summed E-state index contributed by atoms with van der Waals surface area (Å²) in [4.78, 5) is 25.1. The highest BCUT2D eigenvalue weighted by Gasteiger charge is 2.22. The molecule has 31 heavy (non-hydrogen) atoms. The van der Waals surface area contributed by atoms with Crippen molar-refractivity contribution < 1.29 is 0 Å². The van der Waals surface area contributed by atoms with Gasteiger partial charge in [0.25, 0.3) is 0 Å². The molecule has 0 aliphatic carbocycles. The molecule has 0 saturated carbocycles. The zero-order chi connectivity index (χ0) is 21.2. The van der Waals surface area contributed by atoms with E-state index >= 15 is 0 Å². The molecule has 5 rings (SSSR count). The van der Waals surface area contributed by atoms with Gasteiger partial charge in [0, 0.05) is 54.2 Å². The second-order valence-corrected chi connectivity index (χ2v) is 7.97. The summed E-state index contributed by atoms with van der Waals surface area (Å²) in [6, 6.07) is 14.5. The summed E-state index contributed by atoms with van der Waals surface area (Å²) in [5.74, 6) is 3.46. The third-order valence-corrected chi connectivity index (χ3v) is 5.65. The lowest BCUT2D eigenvalue weighted by Gasteiger charge is -2.33. The van der Waals surface area contributed by atoms with Gasteiger partial charge >= 0.3 is 0 Å². The van der Waals surface area contributed by atoms with Crippen molar-refractivity contribution in [3.8, 4) is 11.4 Å². The Morgan fingerprint density at radius 3 is 2.45 bits per heavy atom. The number of para-hydroxylation sites is 1. The van der Waals surface area contributed by atoms with Crippen molar-refractivity contribution in [2.24, 2.45) is 0 Å². The largest absolute Gasteiger partial charge is 0.367 e. The smallest absolute Gasteiger partial charge is 0.162 e. The van der Waals surface area contributed by atoms with E-state index in [1.54, 1.807) is 12.4 Å². The highest BCUT2D eigenvalue weighted by molar-refractivity contribution is 5.90. The Morgan fingerprint density at radius 1 is 0.903 bits per heavy atom. The van der Waals surface area contributed by atoms with Gasteiger partial charge < -0.3 is 10.2 Å². The van der Waals surface area contributed by atoms with Crippen molar-refractivity contribution in [2.75, 3.05) is 23.3 Å². The van der Waals surface area contributed by atoms with E-state index in [0.29, 0.717) is 11.9 Å². The van der Waals surface area contributed by atoms with Crippen LogP contribution in [0.3, 0.4) is 0 Å². The second kappa shape index (κ2) is 8.26. The fourth-order valence-electron chi connectivity index (χ4n) is 4.12. The van der Waals surface area contributed by atoms with Crippen LogP contribution in [-0.4, -0.2) is 44.1 Å². The summed E-state index contributed by atoms with van der Waals surface area (Å²) in [6.07, 6.45) is 5.58. The molecule has 0 amide bonds. The third kappa shape index (κ3) is 4.17. The van der Waals surface area contributed by atoms with E-state index in [2.05, 4.69) is 37.3 Å². The first-order valence-corrected chi connectivity index (χ1v) is 10.7. The summed E-state index contributed by atoms with van der Waals surface area (Å²) in [7, 11) is 0. The van der Waals surface area contributed by atoms with E-state index < -0.39 is 0 Å². The summed E-state index contributed by atoms with van der Waals surface area (Å²) in [6.45, 7) is 5.88. The number of piperidine rings is 1. The predicted octanol–water partition coefficient (Wildman–Crippen LogP) is 4.18. The van der Waals surface area contributed by atoms with Crippen LogP contribution in [-0.2, 0) is 0 Å². The SMILES string of the molecule is Cc1cc(N2CCC(Nc3nc(-c4ccncc4)nc4ccccc34)CC2)nc(C)n1. The quantitative estimate of drug-likeness (QED) is 0.540. The van der Waals surface area contributed by atoms with Crippen molar-refractivity contribution in [2.45, 2.75) is 32.7 Å². The maximum Gasteiger partial charge on any atom is 0.162 e. The Labute approximate surface area is 181 Å². The molecule has 1 aliphatic rings. The van der Waals surface area contributed by atoms with E-state index in [9.17, 15) is 0 Å². The van der Waals surface area contributed by atoms with Gasteiger partial charge in [-0.15, -0.1) is 0 Å². The number of hydrogen-bond donors (Lipinski definition) is 1. The van der Waals surface area contributed by atoms with Gasteiger partial charge in [-0.2, -0.15) is 0 Å². The average Bonchev–Trinajstić information content (AvgIpc) is 2.79. The average molecular weight is 412 g/mol. The highest BCUT2D eigenvalue weighted by Crippen LogP contribution is 2.27. The molecule has 0 atom stereocenters. The molecule has 1 saturated heterocycles. The minimum atomic E-state index is 0.351. The number of anilines is 2. The van der Waals surface area contributed by atoms with Crippen LogP contribution in [0.15, 0.2) is 54.9 Å². The first-order chi connectivity index (χ1) is 15.2. The number of nitrogens with zero attached hydrogens (tertiary/aromatic N) is 6. The van der Waals surface area contributed by atoms with Crippen molar-refractivity contribution >= 4 is 22.5 Å². The van der Waals surface area contributed by atoms with Crippen LogP contribution in [0.25, 0.3) is 22.3 Å². The molecular formula is C24H25N7. The minimum absolute atomic E-state index is 0.351. The maximum absolute atomic E-state index is 4.88. The number of rotatable bonds is 4. The van der Waals surface area contributed by atoms with E-state index in [-0.39, 0.29) is 0 Å². The van der Waals surface area contributed by atoms with Crippen LogP contribution in [0.4, 0.5) is 11.6 Å². The molecule has 7 nitrogen and oxygen atoms in total. The first kappa shape index (κ1) is 19.4. The topological polar surface area (TPSA) is 79.7 Å². The van der Waals surface area contributed by atoms with Gasteiger partial charge in [-0.3, -0.25) is 4.98 Å². The van der Waals surface area contributed by atoms with Crippen LogP contribution in [0, 0.1) is 13.8 Å². The number of fused-ring (bicyclic) bond motifs is 1. The third-order valence-electron chi connectivity index (χ3n) is 5.65. The Kier molecular flexibility index (Phi) is 5.16. The standard InChI is InChI=1S/C24H25N7/c1-16-15-22(27-17(2)26-16)31-13-9-19(10-14-31)28-24-20-5-3-4-6-21(20)29-23(30-24)18-7-11-25-12-8-18/h3-8,11-12,15,19H,9-10,13-14H2,1-2H3,(H,28,29,30). The predicted molar refractivity (Wildman–Crippen MR) is 123 cm³/mol. The zero-order valence-corrected chi connectivity index (χ0v) is 17.8. The van der Waals surface area contributed by atoms with Gasteiger partial charge in [0.05, 0.1) is 5.52 Å². The van der Waals surface area contributed by atoms with Crippen LogP contribution in [0.5, 0.6) is 0 Å². The maximum atomic E-state index is 4.88. The molecule has 0 bridgehead atoms. The Morgan fingerprint density at radius 2 is 1.68 bits per heavy atom. The number of hydrogen-bond acceptors (Lipinski definition) is 7.